The molecule has 1 aliphatic carbocycles. The number of benzene rings is 1. The standard InChI is InChI=1S/C27H32ClN5O3/c1-16-14-33(15-17(2)36-16)26(34)19-6-4-18(5-7-19)22-12-29-25(28)23-13-30-27(32-24(22)23)31-20-8-10-21(35-3)11-9-20/h4-7,12-13,16-17,20-21H,8-11,14-15H2,1-3H3,(H,30,31,32)/t16-,17+,20-,21-. The van der Waals surface area contributed by atoms with Crippen molar-refractivity contribution in [2.24, 2.45) is 0 Å². The van der Waals surface area contributed by atoms with Gasteiger partial charge in [-0.2, -0.15) is 0 Å². The first-order valence-electron chi connectivity index (χ1n) is 12.6. The molecule has 1 aromatic carbocycles. The summed E-state index contributed by atoms with van der Waals surface area (Å²) in [6.07, 6.45) is 7.92. The van der Waals surface area contributed by atoms with Crippen LogP contribution in [0.5, 0.6) is 0 Å². The Bertz CT molecular complexity index is 1220. The fraction of sp³-hybridized carbons (Fsp3) is 0.481. The lowest BCUT2D eigenvalue weighted by Crippen LogP contribution is -2.48. The van der Waals surface area contributed by atoms with E-state index in [0.717, 1.165) is 42.3 Å². The van der Waals surface area contributed by atoms with Gasteiger partial charge in [-0.15, -0.1) is 0 Å². The van der Waals surface area contributed by atoms with Crippen molar-refractivity contribution >= 4 is 34.4 Å². The third-order valence-corrected chi connectivity index (χ3v) is 7.36. The van der Waals surface area contributed by atoms with Crippen molar-refractivity contribution in [2.75, 3.05) is 25.5 Å². The van der Waals surface area contributed by atoms with Crippen LogP contribution in [0.2, 0.25) is 5.15 Å². The molecule has 9 heteroatoms. The summed E-state index contributed by atoms with van der Waals surface area (Å²) in [5.41, 5.74) is 3.13. The zero-order chi connectivity index (χ0) is 25.2. The number of methoxy groups -OCH3 is 1. The molecule has 1 saturated heterocycles. The number of aromatic nitrogens is 3. The molecule has 0 bridgehead atoms. The van der Waals surface area contributed by atoms with Crippen molar-refractivity contribution in [1.82, 2.24) is 19.9 Å². The van der Waals surface area contributed by atoms with Gasteiger partial charge in [-0.25, -0.2) is 15.0 Å². The quantitative estimate of drug-likeness (QED) is 0.486. The molecule has 2 aromatic heterocycles. The van der Waals surface area contributed by atoms with E-state index in [2.05, 4.69) is 15.3 Å². The van der Waals surface area contributed by atoms with Crippen molar-refractivity contribution < 1.29 is 14.3 Å². The van der Waals surface area contributed by atoms with Crippen LogP contribution in [-0.2, 0) is 9.47 Å². The van der Waals surface area contributed by atoms with Crippen LogP contribution in [0.25, 0.3) is 22.0 Å². The van der Waals surface area contributed by atoms with E-state index < -0.39 is 0 Å². The smallest absolute Gasteiger partial charge is 0.254 e. The summed E-state index contributed by atoms with van der Waals surface area (Å²) in [7, 11) is 1.77. The third kappa shape index (κ3) is 5.31. The van der Waals surface area contributed by atoms with E-state index >= 15 is 0 Å². The first kappa shape index (κ1) is 24.9. The van der Waals surface area contributed by atoms with E-state index in [9.17, 15) is 4.79 Å². The van der Waals surface area contributed by atoms with E-state index in [1.54, 1.807) is 19.5 Å². The number of amides is 1. The van der Waals surface area contributed by atoms with Gasteiger partial charge in [0.1, 0.15) is 5.15 Å². The number of hydrogen-bond acceptors (Lipinski definition) is 7. The molecule has 1 aliphatic heterocycles. The molecule has 1 amide bonds. The SMILES string of the molecule is CO[C@H]1CC[C@H](Nc2ncc3c(Cl)ncc(-c4ccc(C(=O)N5C[C@@H](C)O[C@@H](C)C5)cc4)c3n2)CC1. The molecule has 0 unspecified atom stereocenters. The monoisotopic (exact) mass is 509 g/mol. The highest BCUT2D eigenvalue weighted by Crippen LogP contribution is 2.31. The lowest BCUT2D eigenvalue weighted by atomic mass is 9.93. The maximum absolute atomic E-state index is 13.1. The van der Waals surface area contributed by atoms with Crippen LogP contribution in [-0.4, -0.2) is 70.3 Å². The molecule has 2 fully saturated rings. The molecule has 3 heterocycles. The third-order valence-electron chi connectivity index (χ3n) is 7.06. The van der Waals surface area contributed by atoms with Gasteiger partial charge in [0, 0.05) is 49.8 Å². The summed E-state index contributed by atoms with van der Waals surface area (Å²) < 4.78 is 11.2. The van der Waals surface area contributed by atoms with Gasteiger partial charge in [0.05, 0.1) is 29.2 Å². The number of hydrogen-bond donors (Lipinski definition) is 1. The van der Waals surface area contributed by atoms with E-state index in [-0.39, 0.29) is 18.1 Å². The predicted molar refractivity (Wildman–Crippen MR) is 140 cm³/mol. The maximum atomic E-state index is 13.1. The number of fused-ring (bicyclic) bond motifs is 1. The number of ether oxygens (including phenoxy) is 2. The second-order valence-electron chi connectivity index (χ2n) is 9.82. The van der Waals surface area contributed by atoms with Crippen LogP contribution in [0.1, 0.15) is 49.9 Å². The summed E-state index contributed by atoms with van der Waals surface area (Å²) in [5, 5.41) is 4.54. The van der Waals surface area contributed by atoms with Crippen LogP contribution in [0.15, 0.2) is 36.7 Å². The van der Waals surface area contributed by atoms with Crippen molar-refractivity contribution in [3.63, 3.8) is 0 Å². The van der Waals surface area contributed by atoms with Crippen molar-refractivity contribution in [1.29, 1.82) is 0 Å². The molecule has 190 valence electrons. The molecule has 36 heavy (non-hydrogen) atoms. The molecule has 3 aromatic rings. The average molecular weight is 510 g/mol. The molecule has 1 saturated carbocycles. The zero-order valence-corrected chi connectivity index (χ0v) is 21.7. The highest BCUT2D eigenvalue weighted by Gasteiger charge is 2.27. The van der Waals surface area contributed by atoms with E-state index in [0.29, 0.717) is 47.3 Å². The number of carbonyl (C=O) groups excluding carboxylic acids is 1. The summed E-state index contributed by atoms with van der Waals surface area (Å²) in [4.78, 5) is 28.6. The topological polar surface area (TPSA) is 89.5 Å². The largest absolute Gasteiger partial charge is 0.381 e. The van der Waals surface area contributed by atoms with Gasteiger partial charge in [-0.05, 0) is 57.2 Å². The highest BCUT2D eigenvalue weighted by atomic mass is 35.5. The minimum absolute atomic E-state index is 0.0136. The normalized spacial score (nSPS) is 24.6. The Labute approximate surface area is 216 Å². The first-order valence-corrected chi connectivity index (χ1v) is 12.9. The number of nitrogens with zero attached hydrogens (tertiary/aromatic N) is 4. The van der Waals surface area contributed by atoms with Crippen LogP contribution in [0, 0.1) is 0 Å². The zero-order valence-electron chi connectivity index (χ0n) is 20.9. The molecule has 0 radical (unpaired) electrons. The molecule has 8 nitrogen and oxygen atoms in total. The van der Waals surface area contributed by atoms with Gasteiger partial charge in [0.15, 0.2) is 0 Å². The molecular weight excluding hydrogens is 478 g/mol. The van der Waals surface area contributed by atoms with E-state index in [1.165, 1.54) is 0 Å². The Morgan fingerprint density at radius 2 is 1.75 bits per heavy atom. The molecular formula is C27H32ClN5O3. The molecule has 0 spiro atoms. The molecule has 1 N–H and O–H groups in total. The van der Waals surface area contributed by atoms with Crippen LogP contribution < -0.4 is 5.32 Å². The van der Waals surface area contributed by atoms with Crippen LogP contribution >= 0.6 is 11.6 Å². The highest BCUT2D eigenvalue weighted by molar-refractivity contribution is 6.34. The Hall–Kier alpha value is -2.81. The minimum atomic E-state index is 0.0136. The van der Waals surface area contributed by atoms with Gasteiger partial charge in [0.25, 0.3) is 5.91 Å². The number of pyridine rings is 1. The van der Waals surface area contributed by atoms with Crippen molar-refractivity contribution in [3.8, 4) is 11.1 Å². The Kier molecular flexibility index (Phi) is 7.37. The first-order chi connectivity index (χ1) is 17.4. The molecule has 2 atom stereocenters. The molecule has 5 rings (SSSR count). The van der Waals surface area contributed by atoms with Gasteiger partial charge in [-0.3, -0.25) is 4.79 Å². The number of carbonyl (C=O) groups is 1. The van der Waals surface area contributed by atoms with Crippen molar-refractivity contribution in [3.05, 3.63) is 47.4 Å². The van der Waals surface area contributed by atoms with Gasteiger partial charge in [-0.1, -0.05) is 23.7 Å². The summed E-state index contributed by atoms with van der Waals surface area (Å²) >= 11 is 6.38. The van der Waals surface area contributed by atoms with E-state index in [1.807, 2.05) is 43.0 Å². The lowest BCUT2D eigenvalue weighted by molar-refractivity contribution is -0.0586. The average Bonchev–Trinajstić information content (AvgIpc) is 2.88. The summed E-state index contributed by atoms with van der Waals surface area (Å²) in [5.74, 6) is 0.592. The predicted octanol–water partition coefficient (Wildman–Crippen LogP) is 4.96. The van der Waals surface area contributed by atoms with Crippen molar-refractivity contribution in [2.45, 2.75) is 63.9 Å². The number of anilines is 1. The summed E-state index contributed by atoms with van der Waals surface area (Å²) in [6, 6.07) is 7.90. The fourth-order valence-electron chi connectivity index (χ4n) is 5.21. The van der Waals surface area contributed by atoms with E-state index in [4.69, 9.17) is 26.1 Å². The minimum Gasteiger partial charge on any atom is -0.381 e. The summed E-state index contributed by atoms with van der Waals surface area (Å²) in [6.45, 7) is 5.17. The second-order valence-corrected chi connectivity index (χ2v) is 10.2. The van der Waals surface area contributed by atoms with Gasteiger partial charge in [0.2, 0.25) is 5.95 Å². The van der Waals surface area contributed by atoms with Crippen LogP contribution in [0.4, 0.5) is 5.95 Å². The Balaban J connectivity index is 1.38. The Morgan fingerprint density at radius 1 is 1.06 bits per heavy atom. The number of morpholine rings is 1. The van der Waals surface area contributed by atoms with Crippen LogP contribution in [0.3, 0.4) is 0 Å². The Morgan fingerprint density at radius 3 is 2.42 bits per heavy atom. The number of nitrogens with one attached hydrogen (secondary N) is 1. The molecule has 2 aliphatic rings. The second kappa shape index (κ2) is 10.7. The lowest BCUT2D eigenvalue weighted by Gasteiger charge is -2.35. The maximum Gasteiger partial charge on any atom is 0.254 e. The number of halogens is 1. The fourth-order valence-corrected chi connectivity index (χ4v) is 5.40. The number of rotatable bonds is 5. The van der Waals surface area contributed by atoms with Gasteiger partial charge >= 0.3 is 0 Å². The van der Waals surface area contributed by atoms with Gasteiger partial charge < -0.3 is 19.7 Å².